The van der Waals surface area contributed by atoms with E-state index in [2.05, 4.69) is 26.1 Å². The van der Waals surface area contributed by atoms with E-state index < -0.39 is 0 Å². The number of hydrogen-bond acceptors (Lipinski definition) is 1. The Balaban J connectivity index is 2.71. The molecule has 0 aliphatic carbocycles. The maximum absolute atomic E-state index is 6.24. The maximum Gasteiger partial charge on any atom is 0.0444 e. The molecule has 0 radical (unpaired) electrons. The first-order chi connectivity index (χ1) is 7.97. The molecule has 17 heavy (non-hydrogen) atoms. The molecule has 1 rings (SSSR count). The smallest absolute Gasteiger partial charge is 0.0444 e. The average molecular weight is 274 g/mol. The van der Waals surface area contributed by atoms with E-state index >= 15 is 0 Å². The Morgan fingerprint density at radius 3 is 2.53 bits per heavy atom. The van der Waals surface area contributed by atoms with Crippen LogP contribution in [0.1, 0.15) is 39.2 Å². The van der Waals surface area contributed by atoms with Crippen LogP contribution in [0.15, 0.2) is 18.2 Å². The van der Waals surface area contributed by atoms with Crippen LogP contribution in [0.2, 0.25) is 10.0 Å². The Morgan fingerprint density at radius 2 is 1.88 bits per heavy atom. The minimum atomic E-state index is 0.0444. The lowest BCUT2D eigenvalue weighted by Gasteiger charge is -2.26. The number of benzene rings is 1. The molecule has 0 bridgehead atoms. The summed E-state index contributed by atoms with van der Waals surface area (Å²) in [6.45, 7) is 8.66. The third-order valence-electron chi connectivity index (χ3n) is 3.01. The second-order valence-electron chi connectivity index (χ2n) is 5.01. The molecule has 0 saturated heterocycles. The zero-order chi connectivity index (χ0) is 12.9. The summed E-state index contributed by atoms with van der Waals surface area (Å²) in [7, 11) is 0. The Bertz CT molecular complexity index is 361. The molecule has 1 N–H and O–H groups in total. The molecule has 0 aliphatic rings. The van der Waals surface area contributed by atoms with Gasteiger partial charge < -0.3 is 5.32 Å². The van der Waals surface area contributed by atoms with Gasteiger partial charge in [0, 0.05) is 10.0 Å². The van der Waals surface area contributed by atoms with Crippen LogP contribution in [0.3, 0.4) is 0 Å². The third-order valence-corrected chi connectivity index (χ3v) is 3.58. The van der Waals surface area contributed by atoms with Gasteiger partial charge in [-0.3, -0.25) is 0 Å². The van der Waals surface area contributed by atoms with Crippen molar-refractivity contribution >= 4 is 23.2 Å². The second kappa shape index (κ2) is 6.63. The fraction of sp³-hybridized carbons (Fsp3) is 0.571. The SMILES string of the molecule is CCCNCCC(C)(C)c1cc(Cl)ccc1Cl. The first kappa shape index (κ1) is 14.8. The predicted octanol–water partition coefficient (Wildman–Crippen LogP) is 4.66. The molecule has 0 unspecified atom stereocenters. The average Bonchev–Trinajstić information content (AvgIpc) is 2.28. The van der Waals surface area contributed by atoms with E-state index in [4.69, 9.17) is 23.2 Å². The summed E-state index contributed by atoms with van der Waals surface area (Å²) >= 11 is 12.3. The van der Waals surface area contributed by atoms with Crippen molar-refractivity contribution in [1.82, 2.24) is 5.32 Å². The Labute approximate surface area is 115 Å². The molecule has 0 aliphatic heterocycles. The molecule has 0 amide bonds. The Hall–Kier alpha value is -0.240. The monoisotopic (exact) mass is 273 g/mol. The summed E-state index contributed by atoms with van der Waals surface area (Å²) in [6, 6.07) is 5.68. The van der Waals surface area contributed by atoms with E-state index in [1.54, 1.807) is 0 Å². The molecule has 0 aromatic heterocycles. The van der Waals surface area contributed by atoms with Crippen molar-refractivity contribution in [3.63, 3.8) is 0 Å². The van der Waals surface area contributed by atoms with E-state index in [0.717, 1.165) is 35.1 Å². The van der Waals surface area contributed by atoms with Gasteiger partial charge in [0.2, 0.25) is 0 Å². The van der Waals surface area contributed by atoms with Gasteiger partial charge in [-0.15, -0.1) is 0 Å². The van der Waals surface area contributed by atoms with Crippen LogP contribution in [-0.4, -0.2) is 13.1 Å². The van der Waals surface area contributed by atoms with Gasteiger partial charge in [-0.25, -0.2) is 0 Å². The highest BCUT2D eigenvalue weighted by atomic mass is 35.5. The highest BCUT2D eigenvalue weighted by molar-refractivity contribution is 6.33. The molecule has 96 valence electrons. The van der Waals surface area contributed by atoms with Gasteiger partial charge in [0.25, 0.3) is 0 Å². The second-order valence-corrected chi connectivity index (χ2v) is 5.85. The van der Waals surface area contributed by atoms with E-state index in [-0.39, 0.29) is 5.41 Å². The highest BCUT2D eigenvalue weighted by Gasteiger charge is 2.23. The van der Waals surface area contributed by atoms with Crippen LogP contribution in [0.4, 0.5) is 0 Å². The first-order valence-corrected chi connectivity index (χ1v) is 6.89. The molecule has 3 heteroatoms. The number of nitrogens with one attached hydrogen (secondary N) is 1. The van der Waals surface area contributed by atoms with Crippen molar-refractivity contribution in [3.05, 3.63) is 33.8 Å². The van der Waals surface area contributed by atoms with Crippen LogP contribution in [0.25, 0.3) is 0 Å². The molecule has 0 heterocycles. The minimum absolute atomic E-state index is 0.0444. The van der Waals surface area contributed by atoms with Gasteiger partial charge in [-0.1, -0.05) is 44.0 Å². The lowest BCUT2D eigenvalue weighted by molar-refractivity contribution is 0.457. The largest absolute Gasteiger partial charge is 0.317 e. The van der Waals surface area contributed by atoms with Crippen molar-refractivity contribution < 1.29 is 0 Å². The normalized spacial score (nSPS) is 11.8. The first-order valence-electron chi connectivity index (χ1n) is 6.13. The summed E-state index contributed by atoms with van der Waals surface area (Å²) in [4.78, 5) is 0. The molecule has 1 nitrogen and oxygen atoms in total. The van der Waals surface area contributed by atoms with Gasteiger partial charge in [0.05, 0.1) is 0 Å². The van der Waals surface area contributed by atoms with Crippen LogP contribution in [0.5, 0.6) is 0 Å². The van der Waals surface area contributed by atoms with Crippen LogP contribution >= 0.6 is 23.2 Å². The summed E-state index contributed by atoms with van der Waals surface area (Å²) in [5.41, 5.74) is 1.17. The molecular formula is C14H21Cl2N. The van der Waals surface area contributed by atoms with E-state index in [1.165, 1.54) is 6.42 Å². The van der Waals surface area contributed by atoms with Crippen molar-refractivity contribution in [3.8, 4) is 0 Å². The predicted molar refractivity (Wildman–Crippen MR) is 77.3 cm³/mol. The van der Waals surface area contributed by atoms with Gasteiger partial charge in [0.15, 0.2) is 0 Å². The van der Waals surface area contributed by atoms with E-state index in [0.29, 0.717) is 0 Å². The molecule has 0 atom stereocenters. The van der Waals surface area contributed by atoms with E-state index in [9.17, 15) is 0 Å². The van der Waals surface area contributed by atoms with Crippen molar-refractivity contribution in [2.45, 2.75) is 39.0 Å². The van der Waals surface area contributed by atoms with Crippen molar-refractivity contribution in [2.75, 3.05) is 13.1 Å². The molecule has 0 saturated carbocycles. The van der Waals surface area contributed by atoms with Crippen molar-refractivity contribution in [1.29, 1.82) is 0 Å². The fourth-order valence-corrected chi connectivity index (χ4v) is 2.40. The van der Waals surface area contributed by atoms with Crippen LogP contribution < -0.4 is 5.32 Å². The molecule has 1 aromatic carbocycles. The zero-order valence-electron chi connectivity index (χ0n) is 10.8. The summed E-state index contributed by atoms with van der Waals surface area (Å²) in [5, 5.41) is 4.97. The summed E-state index contributed by atoms with van der Waals surface area (Å²) in [6.07, 6.45) is 2.21. The van der Waals surface area contributed by atoms with Gasteiger partial charge in [0.1, 0.15) is 0 Å². The van der Waals surface area contributed by atoms with Crippen LogP contribution in [-0.2, 0) is 5.41 Å². The van der Waals surface area contributed by atoms with E-state index in [1.807, 2.05) is 18.2 Å². The summed E-state index contributed by atoms with van der Waals surface area (Å²) < 4.78 is 0. The Morgan fingerprint density at radius 1 is 1.18 bits per heavy atom. The number of halogens is 2. The Kier molecular flexibility index (Phi) is 5.78. The summed E-state index contributed by atoms with van der Waals surface area (Å²) in [5.74, 6) is 0. The number of hydrogen-bond donors (Lipinski definition) is 1. The minimum Gasteiger partial charge on any atom is -0.317 e. The maximum atomic E-state index is 6.24. The quantitative estimate of drug-likeness (QED) is 0.744. The van der Waals surface area contributed by atoms with Gasteiger partial charge >= 0.3 is 0 Å². The molecule has 1 aromatic rings. The lowest BCUT2D eigenvalue weighted by atomic mass is 9.81. The number of rotatable bonds is 6. The highest BCUT2D eigenvalue weighted by Crippen LogP contribution is 2.34. The third kappa shape index (κ3) is 4.50. The molecule has 0 fully saturated rings. The van der Waals surface area contributed by atoms with Crippen molar-refractivity contribution in [2.24, 2.45) is 0 Å². The van der Waals surface area contributed by atoms with Crippen LogP contribution in [0, 0.1) is 0 Å². The zero-order valence-corrected chi connectivity index (χ0v) is 12.3. The van der Waals surface area contributed by atoms with Gasteiger partial charge in [-0.2, -0.15) is 0 Å². The topological polar surface area (TPSA) is 12.0 Å². The standard InChI is InChI=1S/C14H21Cl2N/c1-4-8-17-9-7-14(2,3)12-10-11(15)5-6-13(12)16/h5-6,10,17H,4,7-9H2,1-3H3. The van der Waals surface area contributed by atoms with Gasteiger partial charge in [-0.05, 0) is 55.1 Å². The molecule has 0 spiro atoms. The molecular weight excluding hydrogens is 253 g/mol. The lowest BCUT2D eigenvalue weighted by Crippen LogP contribution is -2.26. The fourth-order valence-electron chi connectivity index (χ4n) is 1.85.